The van der Waals surface area contributed by atoms with Gasteiger partial charge in [0.25, 0.3) is 0 Å². The van der Waals surface area contributed by atoms with Crippen LogP contribution in [0.15, 0.2) is 28.9 Å². The second-order valence-corrected chi connectivity index (χ2v) is 7.37. The molecule has 0 aromatic carbocycles. The van der Waals surface area contributed by atoms with E-state index in [1.54, 1.807) is 6.20 Å². The molecule has 2 saturated heterocycles. The Balaban J connectivity index is 1.47. The van der Waals surface area contributed by atoms with Crippen molar-refractivity contribution in [3.63, 3.8) is 0 Å². The van der Waals surface area contributed by atoms with Crippen LogP contribution in [-0.2, 0) is 24.2 Å². The Kier molecular flexibility index (Phi) is 5.19. The van der Waals surface area contributed by atoms with Crippen molar-refractivity contribution in [1.29, 1.82) is 0 Å². The Morgan fingerprint density at radius 3 is 2.96 bits per heavy atom. The average molecular weight is 357 g/mol. The summed E-state index contributed by atoms with van der Waals surface area (Å²) in [4.78, 5) is 9.20. The van der Waals surface area contributed by atoms with Gasteiger partial charge in [0.2, 0.25) is 0 Å². The SMILES string of the molecule is CCc1cc(CN2C[C@@H]3COC[C@H](C2)N(Cc2cccnc2N)C3)on1. The summed E-state index contributed by atoms with van der Waals surface area (Å²) in [6.45, 7) is 8.27. The first kappa shape index (κ1) is 17.5. The van der Waals surface area contributed by atoms with Crippen molar-refractivity contribution in [2.24, 2.45) is 5.92 Å². The molecule has 2 bridgehead atoms. The van der Waals surface area contributed by atoms with Crippen LogP contribution < -0.4 is 5.73 Å². The lowest BCUT2D eigenvalue weighted by molar-refractivity contribution is 0.0446. The zero-order chi connectivity index (χ0) is 17.9. The summed E-state index contributed by atoms with van der Waals surface area (Å²) < 4.78 is 11.4. The third-order valence-corrected chi connectivity index (χ3v) is 5.31. The highest BCUT2D eigenvalue weighted by atomic mass is 16.5. The van der Waals surface area contributed by atoms with E-state index in [9.17, 15) is 0 Å². The fourth-order valence-electron chi connectivity index (χ4n) is 3.97. The predicted molar refractivity (Wildman–Crippen MR) is 98.3 cm³/mol. The first-order valence-corrected chi connectivity index (χ1v) is 9.39. The van der Waals surface area contributed by atoms with Gasteiger partial charge in [-0.25, -0.2) is 4.98 Å². The predicted octanol–water partition coefficient (Wildman–Crippen LogP) is 1.55. The Bertz CT molecular complexity index is 734. The maximum atomic E-state index is 6.06. The van der Waals surface area contributed by atoms with Crippen molar-refractivity contribution in [3.05, 3.63) is 41.4 Å². The zero-order valence-electron chi connectivity index (χ0n) is 15.3. The summed E-state index contributed by atoms with van der Waals surface area (Å²) in [5.41, 5.74) is 8.17. The van der Waals surface area contributed by atoms with Crippen molar-refractivity contribution in [2.45, 2.75) is 32.5 Å². The van der Waals surface area contributed by atoms with Crippen LogP contribution in [0.1, 0.15) is 23.9 Å². The highest BCUT2D eigenvalue weighted by Gasteiger charge is 2.33. The zero-order valence-corrected chi connectivity index (χ0v) is 15.3. The normalized spacial score (nSPS) is 24.5. The Morgan fingerprint density at radius 1 is 1.23 bits per heavy atom. The number of hydrogen-bond acceptors (Lipinski definition) is 7. The fraction of sp³-hybridized carbons (Fsp3) is 0.579. The Labute approximate surface area is 154 Å². The summed E-state index contributed by atoms with van der Waals surface area (Å²) in [6, 6.07) is 6.44. The van der Waals surface area contributed by atoms with Gasteiger partial charge in [-0.1, -0.05) is 18.1 Å². The molecule has 0 radical (unpaired) electrons. The van der Waals surface area contributed by atoms with Crippen LogP contribution in [0.5, 0.6) is 0 Å². The van der Waals surface area contributed by atoms with Crippen LogP contribution in [-0.4, -0.2) is 58.8 Å². The minimum atomic E-state index is 0.343. The minimum Gasteiger partial charge on any atom is -0.383 e. The molecule has 2 aliphatic rings. The number of rotatable bonds is 5. The highest BCUT2D eigenvalue weighted by molar-refractivity contribution is 5.38. The molecule has 4 rings (SSSR count). The molecule has 2 atom stereocenters. The van der Waals surface area contributed by atoms with Crippen molar-refractivity contribution in [3.8, 4) is 0 Å². The van der Waals surface area contributed by atoms with Gasteiger partial charge in [-0.15, -0.1) is 0 Å². The van der Waals surface area contributed by atoms with Crippen LogP contribution in [0, 0.1) is 5.92 Å². The van der Waals surface area contributed by atoms with E-state index in [1.807, 2.05) is 6.07 Å². The van der Waals surface area contributed by atoms with Crippen LogP contribution in [0.4, 0.5) is 5.82 Å². The molecule has 2 fully saturated rings. The third-order valence-electron chi connectivity index (χ3n) is 5.31. The largest absolute Gasteiger partial charge is 0.383 e. The monoisotopic (exact) mass is 357 g/mol. The third kappa shape index (κ3) is 3.90. The van der Waals surface area contributed by atoms with Crippen LogP contribution in [0.3, 0.4) is 0 Å². The molecule has 0 spiro atoms. The smallest absolute Gasteiger partial charge is 0.150 e. The molecular formula is C19H27N5O2. The Morgan fingerprint density at radius 2 is 2.15 bits per heavy atom. The van der Waals surface area contributed by atoms with Crippen LogP contribution in [0.2, 0.25) is 0 Å². The van der Waals surface area contributed by atoms with Gasteiger partial charge in [0, 0.05) is 56.0 Å². The molecule has 2 aliphatic heterocycles. The van der Waals surface area contributed by atoms with E-state index in [0.717, 1.165) is 69.4 Å². The van der Waals surface area contributed by atoms with Crippen LogP contribution >= 0.6 is 0 Å². The van der Waals surface area contributed by atoms with Gasteiger partial charge >= 0.3 is 0 Å². The molecule has 26 heavy (non-hydrogen) atoms. The second kappa shape index (κ2) is 7.73. The molecular weight excluding hydrogens is 330 g/mol. The van der Waals surface area contributed by atoms with Crippen molar-refractivity contribution < 1.29 is 9.26 Å². The number of ether oxygens (including phenoxy) is 1. The van der Waals surface area contributed by atoms with Crippen molar-refractivity contribution >= 4 is 5.82 Å². The van der Waals surface area contributed by atoms with E-state index in [-0.39, 0.29) is 0 Å². The minimum absolute atomic E-state index is 0.343. The number of nitrogen functional groups attached to an aromatic ring is 1. The van der Waals surface area contributed by atoms with Gasteiger partial charge in [0.05, 0.1) is 25.5 Å². The molecule has 2 aromatic heterocycles. The lowest BCUT2D eigenvalue weighted by Crippen LogP contribution is -2.43. The maximum Gasteiger partial charge on any atom is 0.150 e. The standard InChI is InChI=1S/C19H27N5O2/c1-2-16-6-18(26-22-16)11-23-7-14-8-24(17(10-23)13-25-12-14)9-15-4-3-5-21-19(15)20/h3-6,14,17H,2,7-13H2,1H3,(H2,20,21)/t14-,17-/m0/s1. The van der Waals surface area contributed by atoms with E-state index in [1.165, 1.54) is 0 Å². The molecule has 4 heterocycles. The number of nitrogens with two attached hydrogens (primary N) is 1. The van der Waals surface area contributed by atoms with E-state index in [4.69, 9.17) is 15.0 Å². The Hall–Kier alpha value is -1.96. The van der Waals surface area contributed by atoms with Gasteiger partial charge in [0.15, 0.2) is 5.76 Å². The fourth-order valence-corrected chi connectivity index (χ4v) is 3.97. The molecule has 2 aromatic rings. The van der Waals surface area contributed by atoms with Gasteiger partial charge in [-0.2, -0.15) is 0 Å². The topological polar surface area (TPSA) is 80.7 Å². The average Bonchev–Trinajstić information content (AvgIpc) is 2.91. The summed E-state index contributed by atoms with van der Waals surface area (Å²) >= 11 is 0. The summed E-state index contributed by atoms with van der Waals surface area (Å²) in [7, 11) is 0. The van der Waals surface area contributed by atoms with E-state index < -0.39 is 0 Å². The van der Waals surface area contributed by atoms with Gasteiger partial charge < -0.3 is 15.0 Å². The first-order chi connectivity index (χ1) is 12.7. The number of aryl methyl sites for hydroxylation is 1. The molecule has 0 saturated carbocycles. The van der Waals surface area contributed by atoms with Gasteiger partial charge in [0.1, 0.15) is 5.82 Å². The number of hydrogen-bond donors (Lipinski definition) is 1. The van der Waals surface area contributed by atoms with Gasteiger partial charge in [-0.05, 0) is 12.5 Å². The maximum absolute atomic E-state index is 6.06. The number of aromatic nitrogens is 2. The summed E-state index contributed by atoms with van der Waals surface area (Å²) in [5, 5.41) is 4.12. The number of anilines is 1. The van der Waals surface area contributed by atoms with E-state index in [2.05, 4.69) is 39.0 Å². The van der Waals surface area contributed by atoms with Crippen molar-refractivity contribution in [1.82, 2.24) is 19.9 Å². The van der Waals surface area contributed by atoms with Crippen molar-refractivity contribution in [2.75, 3.05) is 38.6 Å². The molecule has 7 heteroatoms. The molecule has 140 valence electrons. The molecule has 0 unspecified atom stereocenters. The number of pyridine rings is 1. The highest BCUT2D eigenvalue weighted by Crippen LogP contribution is 2.24. The molecule has 0 amide bonds. The lowest BCUT2D eigenvalue weighted by atomic mass is 10.1. The molecule has 7 nitrogen and oxygen atoms in total. The summed E-state index contributed by atoms with van der Waals surface area (Å²) in [6.07, 6.45) is 2.65. The summed E-state index contributed by atoms with van der Waals surface area (Å²) in [5.74, 6) is 2.05. The van der Waals surface area contributed by atoms with E-state index >= 15 is 0 Å². The van der Waals surface area contributed by atoms with E-state index in [0.29, 0.717) is 17.8 Å². The number of fused-ring (bicyclic) bond motifs is 3. The number of nitrogens with zero attached hydrogens (tertiary/aromatic N) is 4. The quantitative estimate of drug-likeness (QED) is 0.869. The first-order valence-electron chi connectivity index (χ1n) is 9.39. The molecule has 2 N–H and O–H groups in total. The van der Waals surface area contributed by atoms with Crippen LogP contribution in [0.25, 0.3) is 0 Å². The lowest BCUT2D eigenvalue weighted by Gasteiger charge is -2.31. The van der Waals surface area contributed by atoms with Gasteiger partial charge in [-0.3, -0.25) is 9.80 Å². The second-order valence-electron chi connectivity index (χ2n) is 7.37. The molecule has 0 aliphatic carbocycles.